The summed E-state index contributed by atoms with van der Waals surface area (Å²) in [4.78, 5) is -0.169. The quantitative estimate of drug-likeness (QED) is 0.839. The number of halogens is 1. The monoisotopic (exact) mass is 312 g/mol. The predicted octanol–water partition coefficient (Wildman–Crippen LogP) is 2.51. The van der Waals surface area contributed by atoms with Crippen LogP contribution in [0.15, 0.2) is 23.1 Å². The maximum Gasteiger partial charge on any atom is 0.242 e. The molecule has 0 amide bonds. The maximum absolute atomic E-state index is 13.5. The van der Waals surface area contributed by atoms with Gasteiger partial charge in [-0.15, -0.1) is 0 Å². The van der Waals surface area contributed by atoms with Gasteiger partial charge in [0, 0.05) is 6.04 Å². The molecule has 2 bridgehead atoms. The molecule has 4 nitrogen and oxygen atoms in total. The van der Waals surface area contributed by atoms with E-state index in [1.807, 2.05) is 6.92 Å². The fourth-order valence-electron chi connectivity index (χ4n) is 4.05. The maximum atomic E-state index is 13.5. The smallest absolute Gasteiger partial charge is 0.242 e. The largest absolute Gasteiger partial charge is 0.395 e. The van der Waals surface area contributed by atoms with Gasteiger partial charge in [-0.05, 0) is 56.1 Å². The summed E-state index contributed by atoms with van der Waals surface area (Å²) < 4.78 is 41.0. The Bertz CT molecular complexity index is 647. The second-order valence-electron chi connectivity index (χ2n) is 6.40. The van der Waals surface area contributed by atoms with Crippen LogP contribution in [-0.4, -0.2) is 14.5 Å². The Balaban J connectivity index is 1.78. The van der Waals surface area contributed by atoms with E-state index < -0.39 is 15.8 Å². The Morgan fingerprint density at radius 1 is 1.33 bits per heavy atom. The first kappa shape index (κ1) is 14.8. The average molecular weight is 312 g/mol. The number of benzene rings is 1. The molecule has 1 aromatic carbocycles. The van der Waals surface area contributed by atoms with Crippen molar-refractivity contribution in [3.63, 3.8) is 0 Å². The molecule has 2 aliphatic rings. The number of para-hydroxylation sites is 1. The molecule has 0 spiro atoms. The number of nitrogens with one attached hydrogen (secondary N) is 1. The molecular weight excluding hydrogens is 291 g/mol. The van der Waals surface area contributed by atoms with E-state index in [2.05, 4.69) is 4.72 Å². The molecule has 3 rings (SSSR count). The van der Waals surface area contributed by atoms with Gasteiger partial charge < -0.3 is 5.73 Å². The van der Waals surface area contributed by atoms with Crippen LogP contribution in [0.5, 0.6) is 0 Å². The molecular formula is C15H21FN2O2S. The fourth-order valence-corrected chi connectivity index (χ4v) is 5.49. The molecule has 6 heteroatoms. The predicted molar refractivity (Wildman–Crippen MR) is 79.5 cm³/mol. The second kappa shape index (κ2) is 5.25. The van der Waals surface area contributed by atoms with Gasteiger partial charge in [-0.25, -0.2) is 17.5 Å². The minimum atomic E-state index is -3.78. The molecule has 116 valence electrons. The Morgan fingerprint density at radius 2 is 2.10 bits per heavy atom. The first-order valence-corrected chi connectivity index (χ1v) is 8.93. The summed E-state index contributed by atoms with van der Waals surface area (Å²) in [5.41, 5.74) is 5.25. The summed E-state index contributed by atoms with van der Waals surface area (Å²) in [5, 5.41) is 0. The lowest BCUT2D eigenvalue weighted by molar-refractivity contribution is 0.280. The molecule has 0 aromatic heterocycles. The van der Waals surface area contributed by atoms with Gasteiger partial charge in [-0.1, -0.05) is 12.5 Å². The van der Waals surface area contributed by atoms with Crippen LogP contribution in [0.2, 0.25) is 0 Å². The number of hydrogen-bond donors (Lipinski definition) is 2. The normalized spacial score (nSPS) is 29.7. The highest BCUT2D eigenvalue weighted by Gasteiger charge is 2.42. The standard InChI is InChI=1S/C15H21FN2O2S/c1-9(12-8-10-5-6-11(12)7-10)18-21(19,20)14-4-2-3-13(16)15(14)17/h2-4,9-12,18H,5-8,17H2,1H3. The third-order valence-electron chi connectivity index (χ3n) is 5.08. The molecule has 1 aromatic rings. The summed E-state index contributed by atoms with van der Waals surface area (Å²) in [5.74, 6) is 1.06. The van der Waals surface area contributed by atoms with Gasteiger partial charge in [0.2, 0.25) is 10.0 Å². The van der Waals surface area contributed by atoms with E-state index in [0.29, 0.717) is 11.8 Å². The zero-order valence-electron chi connectivity index (χ0n) is 12.0. The van der Waals surface area contributed by atoms with Crippen molar-refractivity contribution in [3.05, 3.63) is 24.0 Å². The lowest BCUT2D eigenvalue weighted by atomic mass is 9.84. The van der Waals surface area contributed by atoms with Crippen LogP contribution in [-0.2, 0) is 10.0 Å². The van der Waals surface area contributed by atoms with Crippen molar-refractivity contribution in [2.45, 2.75) is 43.5 Å². The molecule has 2 saturated carbocycles. The lowest BCUT2D eigenvalue weighted by Gasteiger charge is -2.28. The number of hydrogen-bond acceptors (Lipinski definition) is 3. The molecule has 3 N–H and O–H groups in total. The summed E-state index contributed by atoms with van der Waals surface area (Å²) in [6, 6.07) is 3.72. The Labute approximate surface area is 125 Å². The van der Waals surface area contributed by atoms with Crippen LogP contribution in [0.25, 0.3) is 0 Å². The van der Waals surface area contributed by atoms with Crippen molar-refractivity contribution >= 4 is 15.7 Å². The van der Waals surface area contributed by atoms with Crippen molar-refractivity contribution in [3.8, 4) is 0 Å². The highest BCUT2D eigenvalue weighted by molar-refractivity contribution is 7.89. The van der Waals surface area contributed by atoms with E-state index in [1.54, 1.807) is 0 Å². The van der Waals surface area contributed by atoms with Crippen LogP contribution in [0, 0.1) is 23.6 Å². The number of fused-ring (bicyclic) bond motifs is 2. The van der Waals surface area contributed by atoms with E-state index in [9.17, 15) is 12.8 Å². The molecule has 21 heavy (non-hydrogen) atoms. The van der Waals surface area contributed by atoms with Crippen LogP contribution in [0.4, 0.5) is 10.1 Å². The highest BCUT2D eigenvalue weighted by atomic mass is 32.2. The van der Waals surface area contributed by atoms with Crippen LogP contribution >= 0.6 is 0 Å². The number of nitrogens with two attached hydrogens (primary N) is 1. The number of nitrogen functional groups attached to an aromatic ring is 1. The van der Waals surface area contributed by atoms with E-state index in [-0.39, 0.29) is 16.6 Å². The van der Waals surface area contributed by atoms with Crippen molar-refractivity contribution in [2.75, 3.05) is 5.73 Å². The van der Waals surface area contributed by atoms with E-state index >= 15 is 0 Å². The molecule has 2 fully saturated rings. The van der Waals surface area contributed by atoms with E-state index in [1.165, 1.54) is 31.4 Å². The molecule has 0 aliphatic heterocycles. The highest BCUT2D eigenvalue weighted by Crippen LogP contribution is 2.49. The molecule has 0 saturated heterocycles. The fraction of sp³-hybridized carbons (Fsp3) is 0.600. The second-order valence-corrected chi connectivity index (χ2v) is 8.08. The lowest BCUT2D eigenvalue weighted by Crippen LogP contribution is -2.40. The Morgan fingerprint density at radius 3 is 2.71 bits per heavy atom. The van der Waals surface area contributed by atoms with Gasteiger partial charge >= 0.3 is 0 Å². The third-order valence-corrected chi connectivity index (χ3v) is 6.70. The van der Waals surface area contributed by atoms with Crippen LogP contribution in [0.3, 0.4) is 0 Å². The number of rotatable bonds is 4. The van der Waals surface area contributed by atoms with Gasteiger partial charge in [-0.3, -0.25) is 0 Å². The Kier molecular flexibility index (Phi) is 3.69. The zero-order valence-corrected chi connectivity index (χ0v) is 12.9. The number of sulfonamides is 1. The summed E-state index contributed by atoms with van der Waals surface area (Å²) in [6.45, 7) is 1.90. The zero-order chi connectivity index (χ0) is 15.2. The van der Waals surface area contributed by atoms with Gasteiger partial charge in [0.15, 0.2) is 0 Å². The van der Waals surface area contributed by atoms with Crippen LogP contribution in [0.1, 0.15) is 32.6 Å². The van der Waals surface area contributed by atoms with Gasteiger partial charge in [-0.2, -0.15) is 0 Å². The first-order valence-electron chi connectivity index (χ1n) is 7.45. The topological polar surface area (TPSA) is 72.2 Å². The Hall–Kier alpha value is -1.14. The van der Waals surface area contributed by atoms with Crippen LogP contribution < -0.4 is 10.5 Å². The molecule has 4 unspecified atom stereocenters. The minimum Gasteiger partial charge on any atom is -0.395 e. The SMILES string of the molecule is CC(NS(=O)(=O)c1cccc(F)c1N)C1CC2CCC1C2. The summed E-state index contributed by atoms with van der Waals surface area (Å²) in [6.07, 6.45) is 4.78. The molecule has 0 heterocycles. The molecule has 2 aliphatic carbocycles. The van der Waals surface area contributed by atoms with E-state index in [0.717, 1.165) is 18.4 Å². The number of anilines is 1. The summed E-state index contributed by atoms with van der Waals surface area (Å²) >= 11 is 0. The van der Waals surface area contributed by atoms with Crippen molar-refractivity contribution < 1.29 is 12.8 Å². The van der Waals surface area contributed by atoms with Crippen molar-refractivity contribution in [1.29, 1.82) is 0 Å². The van der Waals surface area contributed by atoms with Gasteiger partial charge in [0.05, 0.1) is 5.69 Å². The van der Waals surface area contributed by atoms with E-state index in [4.69, 9.17) is 5.73 Å². The van der Waals surface area contributed by atoms with Gasteiger partial charge in [0.1, 0.15) is 10.7 Å². The van der Waals surface area contributed by atoms with Gasteiger partial charge in [0.25, 0.3) is 0 Å². The summed E-state index contributed by atoms with van der Waals surface area (Å²) in [7, 11) is -3.78. The first-order chi connectivity index (χ1) is 9.88. The third kappa shape index (κ3) is 2.66. The average Bonchev–Trinajstić information content (AvgIpc) is 3.03. The molecule has 0 radical (unpaired) electrons. The molecule has 4 atom stereocenters. The van der Waals surface area contributed by atoms with Crippen molar-refractivity contribution in [2.24, 2.45) is 17.8 Å². The van der Waals surface area contributed by atoms with Crippen molar-refractivity contribution in [1.82, 2.24) is 4.72 Å². The minimum absolute atomic E-state index is 0.145.